The molecule has 1 heterocycles. The van der Waals surface area contributed by atoms with Gasteiger partial charge in [0.05, 0.1) is 12.1 Å². The van der Waals surface area contributed by atoms with Crippen molar-refractivity contribution in [3.05, 3.63) is 24.3 Å². The third kappa shape index (κ3) is 3.08. The summed E-state index contributed by atoms with van der Waals surface area (Å²) in [6.07, 6.45) is 0. The van der Waals surface area contributed by atoms with E-state index in [-0.39, 0.29) is 18.4 Å². The Kier molecular flexibility index (Phi) is 3.94. The lowest BCUT2D eigenvalue weighted by Crippen LogP contribution is -2.64. The van der Waals surface area contributed by atoms with Crippen LogP contribution in [0, 0.1) is 0 Å². The Balaban J connectivity index is 1.92. The van der Waals surface area contributed by atoms with Gasteiger partial charge in [-0.25, -0.2) is 0 Å². The number of nitrogens with one attached hydrogen (secondary N) is 1. The van der Waals surface area contributed by atoms with Crippen LogP contribution in [-0.2, 0) is 9.59 Å². The maximum atomic E-state index is 11.8. The monoisotopic (exact) mass is 277 g/mol. The zero-order valence-electron chi connectivity index (χ0n) is 11.7. The van der Waals surface area contributed by atoms with Gasteiger partial charge in [0.15, 0.2) is 0 Å². The van der Waals surface area contributed by atoms with Crippen molar-refractivity contribution in [2.45, 2.75) is 19.4 Å². The minimum absolute atomic E-state index is 0.193. The molecule has 0 saturated carbocycles. The highest BCUT2D eigenvalue weighted by molar-refractivity contribution is 6.02. The first-order valence-electron chi connectivity index (χ1n) is 6.47. The molecule has 0 bridgehead atoms. The molecule has 0 atom stereocenters. The van der Waals surface area contributed by atoms with E-state index in [2.05, 4.69) is 5.32 Å². The van der Waals surface area contributed by atoms with E-state index in [1.807, 2.05) is 12.1 Å². The van der Waals surface area contributed by atoms with Crippen LogP contribution in [0.4, 0.5) is 5.69 Å². The summed E-state index contributed by atoms with van der Waals surface area (Å²) < 4.78 is 5.59. The molecule has 108 valence electrons. The first-order valence-corrected chi connectivity index (χ1v) is 6.47. The standard InChI is InChI=1S/C14H19N3O3/c1-14(2)13(19)16-12(18)9-17(14)6-7-20-11-5-3-4-10(15)8-11/h3-5,8H,6-7,9,15H2,1-2H3,(H,16,18,19). The number of nitrogens with zero attached hydrogens (tertiary/aromatic N) is 1. The lowest BCUT2D eigenvalue weighted by Gasteiger charge is -2.39. The van der Waals surface area contributed by atoms with Gasteiger partial charge in [-0.2, -0.15) is 0 Å². The molecule has 1 aromatic carbocycles. The maximum Gasteiger partial charge on any atom is 0.246 e. The van der Waals surface area contributed by atoms with Gasteiger partial charge in [-0.15, -0.1) is 0 Å². The fourth-order valence-corrected chi connectivity index (χ4v) is 2.07. The van der Waals surface area contributed by atoms with Gasteiger partial charge in [-0.05, 0) is 26.0 Å². The van der Waals surface area contributed by atoms with Gasteiger partial charge in [0.1, 0.15) is 12.4 Å². The van der Waals surface area contributed by atoms with Crippen LogP contribution in [0.15, 0.2) is 24.3 Å². The Morgan fingerprint density at radius 2 is 2.15 bits per heavy atom. The van der Waals surface area contributed by atoms with Crippen molar-refractivity contribution in [1.29, 1.82) is 0 Å². The molecule has 3 N–H and O–H groups in total. The minimum Gasteiger partial charge on any atom is -0.492 e. The van der Waals surface area contributed by atoms with Gasteiger partial charge in [0.2, 0.25) is 11.8 Å². The molecule has 6 heteroatoms. The van der Waals surface area contributed by atoms with Crippen LogP contribution in [0.3, 0.4) is 0 Å². The average Bonchev–Trinajstić information content (AvgIpc) is 2.36. The number of nitrogen functional groups attached to an aromatic ring is 1. The molecule has 1 aliphatic heterocycles. The number of benzene rings is 1. The number of carbonyl (C=O) groups is 2. The second kappa shape index (κ2) is 5.50. The Bertz CT molecular complexity index is 528. The number of amides is 2. The van der Waals surface area contributed by atoms with Crippen molar-refractivity contribution in [2.75, 3.05) is 25.4 Å². The summed E-state index contributed by atoms with van der Waals surface area (Å²) in [4.78, 5) is 25.0. The van der Waals surface area contributed by atoms with Crippen LogP contribution in [-0.4, -0.2) is 41.9 Å². The molecule has 2 amide bonds. The minimum atomic E-state index is -0.715. The quantitative estimate of drug-likeness (QED) is 0.614. The average molecular weight is 277 g/mol. The summed E-state index contributed by atoms with van der Waals surface area (Å²) in [5.41, 5.74) is 5.58. The zero-order valence-corrected chi connectivity index (χ0v) is 11.7. The molecule has 0 unspecified atom stereocenters. The van der Waals surface area contributed by atoms with E-state index in [0.29, 0.717) is 24.6 Å². The van der Waals surface area contributed by atoms with E-state index in [0.717, 1.165) is 0 Å². The maximum absolute atomic E-state index is 11.8. The van der Waals surface area contributed by atoms with Crippen molar-refractivity contribution in [2.24, 2.45) is 0 Å². The predicted octanol–water partition coefficient (Wildman–Crippen LogP) is 0.385. The van der Waals surface area contributed by atoms with Crippen LogP contribution in [0.25, 0.3) is 0 Å². The third-order valence-electron chi connectivity index (χ3n) is 3.42. The number of hydrogen-bond acceptors (Lipinski definition) is 5. The number of ether oxygens (including phenoxy) is 1. The second-order valence-corrected chi connectivity index (χ2v) is 5.28. The highest BCUT2D eigenvalue weighted by Gasteiger charge is 2.40. The molecule has 0 aliphatic carbocycles. The van der Waals surface area contributed by atoms with Crippen molar-refractivity contribution in [1.82, 2.24) is 10.2 Å². The molecule has 1 aliphatic rings. The van der Waals surface area contributed by atoms with Crippen molar-refractivity contribution >= 4 is 17.5 Å². The summed E-state index contributed by atoms with van der Waals surface area (Å²) >= 11 is 0. The van der Waals surface area contributed by atoms with Crippen molar-refractivity contribution < 1.29 is 14.3 Å². The number of anilines is 1. The van der Waals surface area contributed by atoms with Crippen LogP contribution >= 0.6 is 0 Å². The first-order chi connectivity index (χ1) is 9.39. The van der Waals surface area contributed by atoms with Crippen molar-refractivity contribution in [3.8, 4) is 5.75 Å². The summed E-state index contributed by atoms with van der Waals surface area (Å²) in [6, 6.07) is 7.14. The van der Waals surface area contributed by atoms with E-state index in [4.69, 9.17) is 10.5 Å². The largest absolute Gasteiger partial charge is 0.492 e. The number of imide groups is 1. The number of hydrogen-bond donors (Lipinski definition) is 2. The lowest BCUT2D eigenvalue weighted by molar-refractivity contribution is -0.145. The third-order valence-corrected chi connectivity index (χ3v) is 3.42. The molecule has 1 fully saturated rings. The smallest absolute Gasteiger partial charge is 0.246 e. The molecular formula is C14H19N3O3. The SMILES string of the molecule is CC1(C)C(=O)NC(=O)CN1CCOc1cccc(N)c1. The first kappa shape index (κ1) is 14.3. The highest BCUT2D eigenvalue weighted by atomic mass is 16.5. The van der Waals surface area contributed by atoms with Gasteiger partial charge in [0.25, 0.3) is 0 Å². The highest BCUT2D eigenvalue weighted by Crippen LogP contribution is 2.18. The summed E-state index contributed by atoms with van der Waals surface area (Å²) in [5.74, 6) is 0.117. The molecule has 0 aromatic heterocycles. The summed E-state index contributed by atoms with van der Waals surface area (Å²) in [6.45, 7) is 4.64. The molecule has 20 heavy (non-hydrogen) atoms. The van der Waals surface area contributed by atoms with E-state index in [1.165, 1.54) is 0 Å². The van der Waals surface area contributed by atoms with Gasteiger partial charge in [-0.3, -0.25) is 19.8 Å². The number of nitrogens with two attached hydrogens (primary N) is 1. The molecule has 1 aromatic rings. The summed E-state index contributed by atoms with van der Waals surface area (Å²) in [7, 11) is 0. The normalized spacial score (nSPS) is 18.7. The molecule has 6 nitrogen and oxygen atoms in total. The van der Waals surface area contributed by atoms with Crippen molar-refractivity contribution in [3.63, 3.8) is 0 Å². The number of piperazine rings is 1. The van der Waals surface area contributed by atoms with Gasteiger partial charge in [-0.1, -0.05) is 6.07 Å². The van der Waals surface area contributed by atoms with Crippen LogP contribution in [0.2, 0.25) is 0 Å². The van der Waals surface area contributed by atoms with Crippen LogP contribution in [0.5, 0.6) is 5.75 Å². The second-order valence-electron chi connectivity index (χ2n) is 5.28. The zero-order chi connectivity index (χ0) is 14.8. The Morgan fingerprint density at radius 3 is 2.85 bits per heavy atom. The van der Waals surface area contributed by atoms with Crippen LogP contribution in [0.1, 0.15) is 13.8 Å². The van der Waals surface area contributed by atoms with Crippen LogP contribution < -0.4 is 15.8 Å². The van der Waals surface area contributed by atoms with E-state index in [9.17, 15) is 9.59 Å². The molecule has 1 saturated heterocycles. The molecule has 0 spiro atoms. The van der Waals surface area contributed by atoms with E-state index >= 15 is 0 Å². The van der Waals surface area contributed by atoms with E-state index in [1.54, 1.807) is 30.9 Å². The Morgan fingerprint density at radius 1 is 1.40 bits per heavy atom. The topological polar surface area (TPSA) is 84.7 Å². The Labute approximate surface area is 117 Å². The molecule has 0 radical (unpaired) electrons. The molecule has 2 rings (SSSR count). The van der Waals surface area contributed by atoms with Gasteiger partial charge >= 0.3 is 0 Å². The van der Waals surface area contributed by atoms with Gasteiger partial charge in [0, 0.05) is 18.3 Å². The fourth-order valence-electron chi connectivity index (χ4n) is 2.07. The predicted molar refractivity (Wildman–Crippen MR) is 75.2 cm³/mol. The van der Waals surface area contributed by atoms with E-state index < -0.39 is 5.54 Å². The number of carbonyl (C=O) groups excluding carboxylic acids is 2. The molecular weight excluding hydrogens is 258 g/mol. The number of rotatable bonds is 4. The fraction of sp³-hybridized carbons (Fsp3) is 0.429. The Hall–Kier alpha value is -2.08. The summed E-state index contributed by atoms with van der Waals surface area (Å²) in [5, 5.41) is 2.34. The van der Waals surface area contributed by atoms with Gasteiger partial charge < -0.3 is 10.5 Å². The lowest BCUT2D eigenvalue weighted by atomic mass is 9.99.